The lowest BCUT2D eigenvalue weighted by Gasteiger charge is -2.27. The molecule has 1 fully saturated rings. The van der Waals surface area contributed by atoms with Gasteiger partial charge in [0.25, 0.3) is 0 Å². The van der Waals surface area contributed by atoms with Gasteiger partial charge in [0.1, 0.15) is 17.4 Å². The van der Waals surface area contributed by atoms with E-state index in [-0.39, 0.29) is 17.6 Å². The summed E-state index contributed by atoms with van der Waals surface area (Å²) >= 11 is 0. The Bertz CT molecular complexity index is 1200. The van der Waals surface area contributed by atoms with Crippen LogP contribution in [0.2, 0.25) is 0 Å². The summed E-state index contributed by atoms with van der Waals surface area (Å²) in [7, 11) is 0. The standard InChI is InChI=1S/C25H22FN3O/c26-18-12-13-22-21(16-18)25(28-24(27-22)20-10-4-5-11-23(20)30)29-14-6-9-19(29)15-17-7-2-1-3-8-17/h1-5,7-8,10-13,16,19,30H,6,9,14-15H2. The average Bonchev–Trinajstić information content (AvgIpc) is 3.22. The monoisotopic (exact) mass is 399 g/mol. The van der Waals surface area contributed by atoms with Gasteiger partial charge in [-0.05, 0) is 55.2 Å². The fraction of sp³-hybridized carbons (Fsp3) is 0.200. The molecule has 30 heavy (non-hydrogen) atoms. The lowest BCUT2D eigenvalue weighted by molar-refractivity contribution is 0.477. The second-order valence-corrected chi connectivity index (χ2v) is 7.73. The second-order valence-electron chi connectivity index (χ2n) is 7.73. The van der Waals surface area contributed by atoms with Gasteiger partial charge < -0.3 is 10.0 Å². The number of rotatable bonds is 4. The van der Waals surface area contributed by atoms with Crippen molar-refractivity contribution in [1.29, 1.82) is 0 Å². The van der Waals surface area contributed by atoms with Crippen molar-refractivity contribution in [2.24, 2.45) is 0 Å². The summed E-state index contributed by atoms with van der Waals surface area (Å²) in [6, 6.07) is 22.4. The molecule has 0 bridgehead atoms. The SMILES string of the molecule is Oc1ccccc1-c1nc(N2CCCC2Cc2ccccc2)c2cc(F)ccc2n1. The van der Waals surface area contributed by atoms with Gasteiger partial charge in [0, 0.05) is 18.0 Å². The van der Waals surface area contributed by atoms with Crippen molar-refractivity contribution in [2.75, 3.05) is 11.4 Å². The number of anilines is 1. The Morgan fingerprint density at radius 3 is 2.60 bits per heavy atom. The molecule has 2 heterocycles. The summed E-state index contributed by atoms with van der Waals surface area (Å²) in [4.78, 5) is 11.7. The van der Waals surface area contributed by atoms with Gasteiger partial charge in [-0.2, -0.15) is 0 Å². The summed E-state index contributed by atoms with van der Waals surface area (Å²) in [5.74, 6) is 1.01. The van der Waals surface area contributed by atoms with Crippen molar-refractivity contribution >= 4 is 16.7 Å². The van der Waals surface area contributed by atoms with Gasteiger partial charge in [-0.3, -0.25) is 0 Å². The van der Waals surface area contributed by atoms with E-state index in [1.54, 1.807) is 24.3 Å². The highest BCUT2D eigenvalue weighted by Gasteiger charge is 2.28. The minimum atomic E-state index is -0.304. The van der Waals surface area contributed by atoms with Crippen LogP contribution in [-0.4, -0.2) is 27.7 Å². The predicted molar refractivity (Wildman–Crippen MR) is 117 cm³/mol. The highest BCUT2D eigenvalue weighted by molar-refractivity contribution is 5.91. The van der Waals surface area contributed by atoms with E-state index in [4.69, 9.17) is 4.98 Å². The van der Waals surface area contributed by atoms with Crippen LogP contribution in [0.5, 0.6) is 5.75 Å². The predicted octanol–water partition coefficient (Wildman–Crippen LogP) is 5.35. The van der Waals surface area contributed by atoms with Crippen LogP contribution in [0.25, 0.3) is 22.3 Å². The van der Waals surface area contributed by atoms with Gasteiger partial charge in [0.15, 0.2) is 5.82 Å². The molecular weight excluding hydrogens is 377 g/mol. The molecule has 0 amide bonds. The van der Waals surface area contributed by atoms with Crippen molar-refractivity contribution in [3.8, 4) is 17.1 Å². The molecule has 0 spiro atoms. The second kappa shape index (κ2) is 7.75. The van der Waals surface area contributed by atoms with Crippen LogP contribution < -0.4 is 4.90 Å². The Kier molecular flexibility index (Phi) is 4.79. The maximum atomic E-state index is 14.1. The van der Waals surface area contributed by atoms with E-state index >= 15 is 0 Å². The quantitative estimate of drug-likeness (QED) is 0.502. The van der Waals surface area contributed by atoms with Gasteiger partial charge in [-0.1, -0.05) is 42.5 Å². The van der Waals surface area contributed by atoms with E-state index in [1.165, 1.54) is 17.7 Å². The van der Waals surface area contributed by atoms with Crippen molar-refractivity contribution in [3.63, 3.8) is 0 Å². The maximum absolute atomic E-state index is 14.1. The van der Waals surface area contributed by atoms with E-state index in [9.17, 15) is 9.50 Å². The fourth-order valence-corrected chi connectivity index (χ4v) is 4.30. The number of phenols is 1. The van der Waals surface area contributed by atoms with Crippen LogP contribution >= 0.6 is 0 Å². The van der Waals surface area contributed by atoms with Crippen LogP contribution in [0.15, 0.2) is 72.8 Å². The Morgan fingerprint density at radius 2 is 1.77 bits per heavy atom. The van der Waals surface area contributed by atoms with E-state index in [1.807, 2.05) is 12.1 Å². The molecule has 3 aromatic carbocycles. The van der Waals surface area contributed by atoms with Gasteiger partial charge in [0.2, 0.25) is 0 Å². The third-order valence-electron chi connectivity index (χ3n) is 5.75. The molecule has 4 nitrogen and oxygen atoms in total. The number of fused-ring (bicyclic) bond motifs is 1. The summed E-state index contributed by atoms with van der Waals surface area (Å²) in [6.45, 7) is 0.861. The first kappa shape index (κ1) is 18.6. The third kappa shape index (κ3) is 3.47. The van der Waals surface area contributed by atoms with E-state index < -0.39 is 0 Å². The third-order valence-corrected chi connectivity index (χ3v) is 5.75. The zero-order valence-electron chi connectivity index (χ0n) is 16.5. The van der Waals surface area contributed by atoms with Gasteiger partial charge >= 0.3 is 0 Å². The lowest BCUT2D eigenvalue weighted by atomic mass is 10.0. The number of nitrogens with zero attached hydrogens (tertiary/aromatic N) is 3. The summed E-state index contributed by atoms with van der Waals surface area (Å²) in [5.41, 5.74) is 2.52. The average molecular weight is 399 g/mol. The number of para-hydroxylation sites is 1. The minimum Gasteiger partial charge on any atom is -0.507 e. The van der Waals surface area contributed by atoms with Crippen molar-refractivity contribution in [3.05, 3.63) is 84.2 Å². The molecule has 1 atom stereocenters. The van der Waals surface area contributed by atoms with Gasteiger partial charge in [-0.15, -0.1) is 0 Å². The topological polar surface area (TPSA) is 49.3 Å². The van der Waals surface area contributed by atoms with Crippen LogP contribution in [0, 0.1) is 5.82 Å². The van der Waals surface area contributed by atoms with Gasteiger partial charge in [-0.25, -0.2) is 14.4 Å². The smallest absolute Gasteiger partial charge is 0.165 e. The number of benzene rings is 3. The Balaban J connectivity index is 1.63. The van der Waals surface area contributed by atoms with Crippen molar-refractivity contribution in [1.82, 2.24) is 9.97 Å². The van der Waals surface area contributed by atoms with Crippen LogP contribution in [-0.2, 0) is 6.42 Å². The van der Waals surface area contributed by atoms with E-state index in [0.29, 0.717) is 22.3 Å². The summed E-state index contributed by atoms with van der Waals surface area (Å²) < 4.78 is 14.1. The highest BCUT2D eigenvalue weighted by atomic mass is 19.1. The molecule has 1 unspecified atom stereocenters. The first-order valence-electron chi connectivity index (χ1n) is 10.3. The number of halogens is 1. The summed E-state index contributed by atoms with van der Waals surface area (Å²) in [5, 5.41) is 11.0. The first-order chi connectivity index (χ1) is 14.7. The van der Waals surface area contributed by atoms with E-state index in [2.05, 4.69) is 34.1 Å². The highest BCUT2D eigenvalue weighted by Crippen LogP contribution is 2.35. The molecule has 150 valence electrons. The number of aromatic nitrogens is 2. The minimum absolute atomic E-state index is 0.132. The maximum Gasteiger partial charge on any atom is 0.165 e. The zero-order valence-corrected chi connectivity index (χ0v) is 16.5. The Morgan fingerprint density at radius 1 is 0.967 bits per heavy atom. The molecule has 4 aromatic rings. The molecule has 0 aliphatic carbocycles. The largest absolute Gasteiger partial charge is 0.507 e. The zero-order chi connectivity index (χ0) is 20.5. The van der Waals surface area contributed by atoms with Crippen molar-refractivity contribution < 1.29 is 9.50 Å². The number of hydrogen-bond acceptors (Lipinski definition) is 4. The normalized spacial score (nSPS) is 16.3. The van der Waals surface area contributed by atoms with Crippen LogP contribution in [0.4, 0.5) is 10.2 Å². The molecule has 0 radical (unpaired) electrons. The molecule has 5 heteroatoms. The molecule has 1 saturated heterocycles. The molecule has 1 aliphatic heterocycles. The van der Waals surface area contributed by atoms with E-state index in [0.717, 1.165) is 31.6 Å². The number of phenolic OH excluding ortho intramolecular Hbond substituents is 1. The first-order valence-corrected chi connectivity index (χ1v) is 10.3. The lowest BCUT2D eigenvalue weighted by Crippen LogP contribution is -2.32. The van der Waals surface area contributed by atoms with Crippen LogP contribution in [0.3, 0.4) is 0 Å². The summed E-state index contributed by atoms with van der Waals surface area (Å²) in [6.07, 6.45) is 3.03. The molecule has 5 rings (SSSR count). The van der Waals surface area contributed by atoms with Crippen molar-refractivity contribution in [2.45, 2.75) is 25.3 Å². The number of hydrogen-bond donors (Lipinski definition) is 1. The molecular formula is C25H22FN3O. The van der Waals surface area contributed by atoms with Gasteiger partial charge in [0.05, 0.1) is 11.1 Å². The fourth-order valence-electron chi connectivity index (χ4n) is 4.30. The van der Waals surface area contributed by atoms with Crippen LogP contribution in [0.1, 0.15) is 18.4 Å². The molecule has 1 aliphatic rings. The Hall–Kier alpha value is -3.47. The Labute approximate surface area is 174 Å². The molecule has 0 saturated carbocycles. The number of aromatic hydroxyl groups is 1. The molecule has 1 aromatic heterocycles. The molecule has 1 N–H and O–H groups in total.